The van der Waals surface area contributed by atoms with E-state index in [1.807, 2.05) is 49.9 Å². The molecule has 0 spiro atoms. The van der Waals surface area contributed by atoms with Crippen LogP contribution in [0.3, 0.4) is 0 Å². The fraction of sp³-hybridized carbons (Fsp3) is 0.619. The molecule has 0 N–H and O–H groups in total. The number of hydrogen-bond donors (Lipinski definition) is 0. The van der Waals surface area contributed by atoms with E-state index in [0.717, 1.165) is 31.2 Å². The standard InChI is InChI=1S/C21H29ClN2O3/c1-21(2,3)27-20(26)23-12-6-8-16(13-23)19(25)24(17-10-11-17)14-15-7-4-5-9-18(15)22/h4-5,7,9,16-17H,6,8,10-14H2,1-3H3/t16-/m0/s1. The van der Waals surface area contributed by atoms with Gasteiger partial charge in [0.15, 0.2) is 0 Å². The number of carbonyl (C=O) groups excluding carboxylic acids is 2. The van der Waals surface area contributed by atoms with E-state index in [4.69, 9.17) is 16.3 Å². The molecule has 1 aromatic rings. The first-order valence-corrected chi connectivity index (χ1v) is 10.1. The largest absolute Gasteiger partial charge is 0.444 e. The first-order valence-electron chi connectivity index (χ1n) is 9.76. The molecule has 1 aliphatic heterocycles. The topological polar surface area (TPSA) is 49.9 Å². The Kier molecular flexibility index (Phi) is 5.99. The number of ether oxygens (including phenoxy) is 1. The third kappa shape index (κ3) is 5.38. The molecule has 3 rings (SSSR count). The predicted octanol–water partition coefficient (Wildman–Crippen LogP) is 4.48. The van der Waals surface area contributed by atoms with Crippen molar-refractivity contribution in [2.24, 2.45) is 5.92 Å². The summed E-state index contributed by atoms with van der Waals surface area (Å²) in [5, 5.41) is 0.690. The third-order valence-corrected chi connectivity index (χ3v) is 5.36. The maximum atomic E-state index is 13.3. The van der Waals surface area contributed by atoms with Crippen molar-refractivity contribution in [3.05, 3.63) is 34.9 Å². The van der Waals surface area contributed by atoms with Crippen molar-refractivity contribution in [2.75, 3.05) is 13.1 Å². The molecule has 148 valence electrons. The summed E-state index contributed by atoms with van der Waals surface area (Å²) in [6.07, 6.45) is 3.38. The van der Waals surface area contributed by atoms with Gasteiger partial charge < -0.3 is 14.5 Å². The summed E-state index contributed by atoms with van der Waals surface area (Å²) in [4.78, 5) is 29.3. The molecule has 1 saturated carbocycles. The van der Waals surface area contributed by atoms with Crippen LogP contribution in [0.5, 0.6) is 0 Å². The number of benzene rings is 1. The van der Waals surface area contributed by atoms with Crippen LogP contribution < -0.4 is 0 Å². The zero-order chi connectivity index (χ0) is 19.6. The van der Waals surface area contributed by atoms with Gasteiger partial charge >= 0.3 is 6.09 Å². The highest BCUT2D eigenvalue weighted by Crippen LogP contribution is 2.32. The first-order chi connectivity index (χ1) is 12.7. The molecule has 0 bridgehead atoms. The van der Waals surface area contributed by atoms with Gasteiger partial charge in [0.1, 0.15) is 5.60 Å². The Bertz CT molecular complexity index is 697. The van der Waals surface area contributed by atoms with Crippen LogP contribution in [0, 0.1) is 5.92 Å². The van der Waals surface area contributed by atoms with Gasteiger partial charge in [0.2, 0.25) is 5.91 Å². The van der Waals surface area contributed by atoms with E-state index in [0.29, 0.717) is 30.7 Å². The molecule has 0 radical (unpaired) electrons. The minimum atomic E-state index is -0.530. The van der Waals surface area contributed by atoms with E-state index in [-0.39, 0.29) is 17.9 Å². The molecular weight excluding hydrogens is 364 g/mol. The number of rotatable bonds is 4. The summed E-state index contributed by atoms with van der Waals surface area (Å²) in [5.41, 5.74) is 0.442. The number of carbonyl (C=O) groups is 2. The molecule has 2 fully saturated rings. The average molecular weight is 393 g/mol. The van der Waals surface area contributed by atoms with Crippen molar-refractivity contribution in [3.8, 4) is 0 Å². The molecule has 1 aromatic carbocycles. The summed E-state index contributed by atoms with van der Waals surface area (Å²) in [6.45, 7) is 7.18. The van der Waals surface area contributed by atoms with Gasteiger partial charge in [0.25, 0.3) is 0 Å². The van der Waals surface area contributed by atoms with Crippen molar-refractivity contribution >= 4 is 23.6 Å². The zero-order valence-electron chi connectivity index (χ0n) is 16.4. The SMILES string of the molecule is CC(C)(C)OC(=O)N1CCC[C@H](C(=O)N(Cc2ccccc2Cl)C2CC2)C1. The zero-order valence-corrected chi connectivity index (χ0v) is 17.2. The number of likely N-dealkylation sites (tertiary alicyclic amines) is 1. The Labute approximate surface area is 166 Å². The summed E-state index contributed by atoms with van der Waals surface area (Å²) in [6, 6.07) is 7.97. The molecule has 1 atom stereocenters. The maximum absolute atomic E-state index is 13.3. The van der Waals surface area contributed by atoms with Gasteiger partial charge in [-0.15, -0.1) is 0 Å². The quantitative estimate of drug-likeness (QED) is 0.759. The second kappa shape index (κ2) is 8.09. The van der Waals surface area contributed by atoms with Crippen LogP contribution in [0.15, 0.2) is 24.3 Å². The Morgan fingerprint density at radius 1 is 1.22 bits per heavy atom. The van der Waals surface area contributed by atoms with E-state index < -0.39 is 5.60 Å². The monoisotopic (exact) mass is 392 g/mol. The minimum Gasteiger partial charge on any atom is -0.444 e. The summed E-state index contributed by atoms with van der Waals surface area (Å²) < 4.78 is 5.48. The van der Waals surface area contributed by atoms with Gasteiger partial charge in [0, 0.05) is 30.7 Å². The number of halogens is 1. The first kappa shape index (κ1) is 20.0. The molecule has 1 heterocycles. The van der Waals surface area contributed by atoms with E-state index in [9.17, 15) is 9.59 Å². The van der Waals surface area contributed by atoms with Crippen LogP contribution in [0.2, 0.25) is 5.02 Å². The number of nitrogens with zero attached hydrogens (tertiary/aromatic N) is 2. The van der Waals surface area contributed by atoms with Crippen molar-refractivity contribution in [2.45, 2.75) is 64.6 Å². The summed E-state index contributed by atoms with van der Waals surface area (Å²) in [7, 11) is 0. The Balaban J connectivity index is 1.67. The fourth-order valence-corrected chi connectivity index (χ4v) is 3.68. The van der Waals surface area contributed by atoms with Crippen LogP contribution in [0.1, 0.15) is 52.0 Å². The highest BCUT2D eigenvalue weighted by atomic mass is 35.5. The van der Waals surface area contributed by atoms with Gasteiger partial charge in [-0.3, -0.25) is 4.79 Å². The van der Waals surface area contributed by atoms with Gasteiger partial charge in [-0.1, -0.05) is 29.8 Å². The van der Waals surface area contributed by atoms with E-state index in [1.165, 1.54) is 0 Å². The van der Waals surface area contributed by atoms with Gasteiger partial charge in [-0.05, 0) is 58.1 Å². The average Bonchev–Trinajstić information content (AvgIpc) is 3.44. The normalized spacial score (nSPS) is 20.3. The molecule has 5 nitrogen and oxygen atoms in total. The molecular formula is C21H29ClN2O3. The molecule has 1 saturated heterocycles. The van der Waals surface area contributed by atoms with Crippen LogP contribution in [0.25, 0.3) is 0 Å². The highest BCUT2D eigenvalue weighted by molar-refractivity contribution is 6.31. The molecule has 6 heteroatoms. The van der Waals surface area contributed by atoms with Crippen LogP contribution >= 0.6 is 11.6 Å². The lowest BCUT2D eigenvalue weighted by atomic mass is 9.96. The van der Waals surface area contributed by atoms with Crippen molar-refractivity contribution < 1.29 is 14.3 Å². The third-order valence-electron chi connectivity index (χ3n) is 4.99. The Morgan fingerprint density at radius 2 is 1.93 bits per heavy atom. The predicted molar refractivity (Wildman–Crippen MR) is 106 cm³/mol. The van der Waals surface area contributed by atoms with Crippen LogP contribution in [-0.4, -0.2) is 46.5 Å². The second-order valence-corrected chi connectivity index (χ2v) is 8.96. The van der Waals surface area contributed by atoms with E-state index >= 15 is 0 Å². The maximum Gasteiger partial charge on any atom is 0.410 e. The van der Waals surface area contributed by atoms with Crippen LogP contribution in [0.4, 0.5) is 4.79 Å². The van der Waals surface area contributed by atoms with Gasteiger partial charge in [0.05, 0.1) is 5.92 Å². The summed E-state index contributed by atoms with van der Waals surface area (Å²) >= 11 is 6.30. The lowest BCUT2D eigenvalue weighted by molar-refractivity contribution is -0.138. The van der Waals surface area contributed by atoms with E-state index in [1.54, 1.807) is 4.90 Å². The molecule has 2 aliphatic rings. The molecule has 2 amide bonds. The number of hydrogen-bond acceptors (Lipinski definition) is 3. The minimum absolute atomic E-state index is 0.130. The Hall–Kier alpha value is -1.75. The fourth-order valence-electron chi connectivity index (χ4n) is 3.49. The van der Waals surface area contributed by atoms with Gasteiger partial charge in [-0.2, -0.15) is 0 Å². The van der Waals surface area contributed by atoms with Crippen molar-refractivity contribution in [1.29, 1.82) is 0 Å². The highest BCUT2D eigenvalue weighted by Gasteiger charge is 2.38. The van der Waals surface area contributed by atoms with Crippen molar-refractivity contribution in [1.82, 2.24) is 9.80 Å². The molecule has 0 unspecified atom stereocenters. The number of amides is 2. The van der Waals surface area contributed by atoms with E-state index in [2.05, 4.69) is 0 Å². The van der Waals surface area contributed by atoms with Crippen LogP contribution in [-0.2, 0) is 16.1 Å². The molecule has 0 aromatic heterocycles. The molecule has 27 heavy (non-hydrogen) atoms. The lowest BCUT2D eigenvalue weighted by Gasteiger charge is -2.36. The smallest absolute Gasteiger partial charge is 0.410 e. The lowest BCUT2D eigenvalue weighted by Crippen LogP contribution is -2.48. The summed E-state index contributed by atoms with van der Waals surface area (Å²) in [5.74, 6) is -0.0416. The number of piperidine rings is 1. The van der Waals surface area contributed by atoms with Crippen molar-refractivity contribution in [3.63, 3.8) is 0 Å². The molecule has 1 aliphatic carbocycles. The van der Waals surface area contributed by atoms with Gasteiger partial charge in [-0.25, -0.2) is 4.79 Å². The second-order valence-electron chi connectivity index (χ2n) is 8.55. The Morgan fingerprint density at radius 3 is 2.56 bits per heavy atom.